The van der Waals surface area contributed by atoms with Crippen molar-refractivity contribution in [3.63, 3.8) is 0 Å². The minimum atomic E-state index is 0.692. The van der Waals surface area contributed by atoms with Gasteiger partial charge < -0.3 is 5.32 Å². The van der Waals surface area contributed by atoms with E-state index in [9.17, 15) is 0 Å². The number of hydrogen-bond donors (Lipinski definition) is 1. The lowest BCUT2D eigenvalue weighted by Crippen LogP contribution is -2.25. The molecule has 0 unspecified atom stereocenters. The van der Waals surface area contributed by atoms with Gasteiger partial charge in [0.25, 0.3) is 0 Å². The molecule has 0 aromatic heterocycles. The van der Waals surface area contributed by atoms with Crippen molar-refractivity contribution in [2.24, 2.45) is 5.92 Å². The first kappa shape index (κ1) is 11.5. The first-order valence-electron chi connectivity index (χ1n) is 6.48. The maximum absolute atomic E-state index is 3.68. The number of nitrogens with one attached hydrogen (secondary N) is 1. The van der Waals surface area contributed by atoms with Gasteiger partial charge in [0.15, 0.2) is 0 Å². The van der Waals surface area contributed by atoms with E-state index in [-0.39, 0.29) is 0 Å². The van der Waals surface area contributed by atoms with Gasteiger partial charge in [0.05, 0.1) is 0 Å². The van der Waals surface area contributed by atoms with Crippen molar-refractivity contribution in [2.45, 2.75) is 52.5 Å². The van der Waals surface area contributed by atoms with Gasteiger partial charge in [0, 0.05) is 11.7 Å². The van der Waals surface area contributed by atoms with Crippen molar-refractivity contribution in [2.75, 3.05) is 5.32 Å². The zero-order chi connectivity index (χ0) is 11.5. The monoisotopic (exact) mass is 217 g/mol. The van der Waals surface area contributed by atoms with E-state index in [0.717, 1.165) is 5.92 Å². The Bertz CT molecular complexity index is 328. The van der Waals surface area contributed by atoms with Gasteiger partial charge in [-0.15, -0.1) is 0 Å². The van der Waals surface area contributed by atoms with Crippen LogP contribution >= 0.6 is 0 Å². The van der Waals surface area contributed by atoms with E-state index in [1.165, 1.54) is 42.5 Å². The topological polar surface area (TPSA) is 12.0 Å². The fourth-order valence-corrected chi connectivity index (χ4v) is 2.70. The van der Waals surface area contributed by atoms with E-state index in [2.05, 4.69) is 44.3 Å². The van der Waals surface area contributed by atoms with Crippen LogP contribution in [0.25, 0.3) is 0 Å². The summed E-state index contributed by atoms with van der Waals surface area (Å²) < 4.78 is 0. The molecular formula is C15H23N. The average molecular weight is 217 g/mol. The van der Waals surface area contributed by atoms with Crippen molar-refractivity contribution in [3.05, 3.63) is 29.3 Å². The third-order valence-corrected chi connectivity index (χ3v) is 3.61. The Kier molecular flexibility index (Phi) is 3.52. The summed E-state index contributed by atoms with van der Waals surface area (Å²) >= 11 is 0. The Morgan fingerprint density at radius 1 is 0.938 bits per heavy atom. The molecule has 0 spiro atoms. The van der Waals surface area contributed by atoms with Crippen LogP contribution in [0.5, 0.6) is 0 Å². The molecule has 1 aliphatic rings. The van der Waals surface area contributed by atoms with Crippen LogP contribution in [0.2, 0.25) is 0 Å². The van der Waals surface area contributed by atoms with Crippen molar-refractivity contribution in [3.8, 4) is 0 Å². The standard InChI is InChI=1S/C15H23N/c1-11-4-6-14(7-5-11)16-15-9-12(2)8-13(3)10-15/h8-11,14,16H,4-7H2,1-3H3. The Hall–Kier alpha value is -0.980. The van der Waals surface area contributed by atoms with Crippen LogP contribution in [0.3, 0.4) is 0 Å². The number of benzene rings is 1. The number of rotatable bonds is 2. The van der Waals surface area contributed by atoms with Crippen LogP contribution in [0.1, 0.15) is 43.7 Å². The van der Waals surface area contributed by atoms with Crippen LogP contribution in [-0.2, 0) is 0 Å². The zero-order valence-corrected chi connectivity index (χ0v) is 10.7. The molecule has 0 radical (unpaired) electrons. The van der Waals surface area contributed by atoms with Gasteiger partial charge in [0.1, 0.15) is 0 Å². The van der Waals surface area contributed by atoms with Crippen molar-refractivity contribution >= 4 is 5.69 Å². The second kappa shape index (κ2) is 4.90. The van der Waals surface area contributed by atoms with Crippen LogP contribution in [0.15, 0.2) is 18.2 Å². The molecule has 0 saturated heterocycles. The molecule has 0 heterocycles. The highest BCUT2D eigenvalue weighted by atomic mass is 14.9. The van der Waals surface area contributed by atoms with Gasteiger partial charge in [-0.3, -0.25) is 0 Å². The summed E-state index contributed by atoms with van der Waals surface area (Å²) in [6.45, 7) is 6.70. The summed E-state index contributed by atoms with van der Waals surface area (Å²) in [6, 6.07) is 7.43. The highest BCUT2D eigenvalue weighted by molar-refractivity contribution is 5.49. The molecule has 2 rings (SSSR count). The van der Waals surface area contributed by atoms with Gasteiger partial charge in [-0.25, -0.2) is 0 Å². The molecule has 1 aromatic rings. The molecule has 88 valence electrons. The highest BCUT2D eigenvalue weighted by Gasteiger charge is 2.17. The van der Waals surface area contributed by atoms with E-state index in [4.69, 9.17) is 0 Å². The fourth-order valence-electron chi connectivity index (χ4n) is 2.70. The number of aryl methyl sites for hydroxylation is 2. The summed E-state index contributed by atoms with van der Waals surface area (Å²) in [5.74, 6) is 0.928. The van der Waals surface area contributed by atoms with Crippen LogP contribution in [-0.4, -0.2) is 6.04 Å². The smallest absolute Gasteiger partial charge is 0.0347 e. The predicted octanol–water partition coefficient (Wildman–Crippen LogP) is 4.29. The van der Waals surface area contributed by atoms with E-state index in [1.54, 1.807) is 0 Å². The molecule has 0 bridgehead atoms. The second-order valence-electron chi connectivity index (χ2n) is 5.48. The minimum Gasteiger partial charge on any atom is -0.382 e. The lowest BCUT2D eigenvalue weighted by Gasteiger charge is -2.28. The van der Waals surface area contributed by atoms with Gasteiger partial charge in [-0.1, -0.05) is 13.0 Å². The molecule has 0 amide bonds. The van der Waals surface area contributed by atoms with Gasteiger partial charge in [0.2, 0.25) is 0 Å². The van der Waals surface area contributed by atoms with E-state index in [1.807, 2.05) is 0 Å². The van der Waals surface area contributed by atoms with Crippen molar-refractivity contribution in [1.29, 1.82) is 0 Å². The molecule has 0 atom stereocenters. The first-order chi connectivity index (χ1) is 7.63. The molecule has 1 aliphatic carbocycles. The highest BCUT2D eigenvalue weighted by Crippen LogP contribution is 2.26. The molecule has 1 N–H and O–H groups in total. The zero-order valence-electron chi connectivity index (χ0n) is 10.7. The molecule has 16 heavy (non-hydrogen) atoms. The summed E-state index contributed by atoms with van der Waals surface area (Å²) in [7, 11) is 0. The Morgan fingerprint density at radius 2 is 1.50 bits per heavy atom. The molecule has 1 aromatic carbocycles. The largest absolute Gasteiger partial charge is 0.382 e. The van der Waals surface area contributed by atoms with E-state index in [0.29, 0.717) is 6.04 Å². The lowest BCUT2D eigenvalue weighted by molar-refractivity contribution is 0.361. The molecule has 0 aliphatic heterocycles. The van der Waals surface area contributed by atoms with Crippen LogP contribution in [0, 0.1) is 19.8 Å². The van der Waals surface area contributed by atoms with Crippen molar-refractivity contribution < 1.29 is 0 Å². The molecular weight excluding hydrogens is 194 g/mol. The predicted molar refractivity (Wildman–Crippen MR) is 71.0 cm³/mol. The van der Waals surface area contributed by atoms with Gasteiger partial charge >= 0.3 is 0 Å². The average Bonchev–Trinajstić information content (AvgIpc) is 2.20. The first-order valence-corrected chi connectivity index (χ1v) is 6.48. The summed E-state index contributed by atoms with van der Waals surface area (Å²) in [4.78, 5) is 0. The summed E-state index contributed by atoms with van der Waals surface area (Å²) in [5, 5.41) is 3.68. The minimum absolute atomic E-state index is 0.692. The Labute approximate surface area is 99.3 Å². The Balaban J connectivity index is 1.98. The maximum atomic E-state index is 3.68. The number of anilines is 1. The SMILES string of the molecule is Cc1cc(C)cc(NC2CCC(C)CC2)c1. The fraction of sp³-hybridized carbons (Fsp3) is 0.600. The molecule has 1 nitrogen and oxygen atoms in total. The number of hydrogen-bond acceptors (Lipinski definition) is 1. The van der Waals surface area contributed by atoms with Crippen LogP contribution < -0.4 is 5.32 Å². The third-order valence-electron chi connectivity index (χ3n) is 3.61. The maximum Gasteiger partial charge on any atom is 0.0347 e. The van der Waals surface area contributed by atoms with Gasteiger partial charge in [-0.2, -0.15) is 0 Å². The van der Waals surface area contributed by atoms with E-state index >= 15 is 0 Å². The van der Waals surface area contributed by atoms with E-state index < -0.39 is 0 Å². The van der Waals surface area contributed by atoms with Crippen LogP contribution in [0.4, 0.5) is 5.69 Å². The van der Waals surface area contributed by atoms with Gasteiger partial charge in [-0.05, 0) is 68.7 Å². The lowest BCUT2D eigenvalue weighted by atomic mass is 9.87. The Morgan fingerprint density at radius 3 is 2.06 bits per heavy atom. The molecule has 1 saturated carbocycles. The van der Waals surface area contributed by atoms with Crippen molar-refractivity contribution in [1.82, 2.24) is 0 Å². The molecule has 1 heteroatoms. The second-order valence-corrected chi connectivity index (χ2v) is 5.48. The third kappa shape index (κ3) is 3.01. The summed E-state index contributed by atoms with van der Waals surface area (Å²) in [5.41, 5.74) is 4.01. The quantitative estimate of drug-likeness (QED) is 0.779. The normalized spacial score (nSPS) is 25.4. The molecule has 1 fully saturated rings. The summed E-state index contributed by atoms with van der Waals surface area (Å²) in [6.07, 6.45) is 5.41.